The molecule has 0 spiro atoms. The van der Waals surface area contributed by atoms with Crippen molar-refractivity contribution in [1.82, 2.24) is 14.4 Å². The maximum atomic E-state index is 13.2. The molecule has 1 aromatic heterocycles. The van der Waals surface area contributed by atoms with E-state index < -0.39 is 5.60 Å². The molecule has 9 nitrogen and oxygen atoms in total. The van der Waals surface area contributed by atoms with Crippen LogP contribution in [0.2, 0.25) is 5.02 Å². The highest BCUT2D eigenvalue weighted by molar-refractivity contribution is 6.30. The van der Waals surface area contributed by atoms with Crippen LogP contribution in [0.3, 0.4) is 0 Å². The van der Waals surface area contributed by atoms with Gasteiger partial charge >= 0.3 is 0 Å². The molecular weight excluding hydrogens is 462 g/mol. The van der Waals surface area contributed by atoms with Crippen LogP contribution in [0.5, 0.6) is 5.75 Å². The minimum absolute atomic E-state index is 0.0601. The fraction of sp³-hybridized carbons (Fsp3) is 0.458. The van der Waals surface area contributed by atoms with Gasteiger partial charge in [-0.2, -0.15) is 0 Å². The zero-order valence-corrected chi connectivity index (χ0v) is 19.8. The Hall–Kier alpha value is -2.88. The van der Waals surface area contributed by atoms with Crippen LogP contribution < -0.4 is 10.3 Å². The molecule has 182 valence electrons. The Morgan fingerprint density at radius 1 is 1.09 bits per heavy atom. The second-order valence-electron chi connectivity index (χ2n) is 8.54. The number of morpholine rings is 2. The third-order valence-corrected chi connectivity index (χ3v) is 6.24. The number of amides is 2. The Morgan fingerprint density at radius 2 is 1.85 bits per heavy atom. The van der Waals surface area contributed by atoms with E-state index in [-0.39, 0.29) is 43.6 Å². The molecule has 34 heavy (non-hydrogen) atoms. The lowest BCUT2D eigenvalue weighted by atomic mass is 9.96. The maximum absolute atomic E-state index is 13.2. The summed E-state index contributed by atoms with van der Waals surface area (Å²) in [4.78, 5) is 41.5. The Morgan fingerprint density at radius 3 is 2.59 bits per heavy atom. The van der Waals surface area contributed by atoms with Gasteiger partial charge in [-0.3, -0.25) is 14.4 Å². The van der Waals surface area contributed by atoms with Crippen LogP contribution in [0.1, 0.15) is 16.8 Å². The summed E-state index contributed by atoms with van der Waals surface area (Å²) < 4.78 is 18.9. The highest BCUT2D eigenvalue weighted by Gasteiger charge is 2.42. The van der Waals surface area contributed by atoms with Crippen molar-refractivity contribution < 1.29 is 23.8 Å². The summed E-state index contributed by atoms with van der Waals surface area (Å²) in [6.45, 7) is 2.90. The molecule has 1 aromatic carbocycles. The van der Waals surface area contributed by atoms with E-state index in [1.807, 2.05) is 0 Å². The first kappa shape index (κ1) is 24.3. The van der Waals surface area contributed by atoms with Crippen molar-refractivity contribution in [1.29, 1.82) is 0 Å². The number of benzene rings is 1. The van der Waals surface area contributed by atoms with Crippen LogP contribution in [0.25, 0.3) is 0 Å². The summed E-state index contributed by atoms with van der Waals surface area (Å²) in [5.41, 5.74) is -0.834. The van der Waals surface area contributed by atoms with E-state index in [1.165, 1.54) is 22.9 Å². The Bertz CT molecular complexity index is 1100. The molecule has 0 unspecified atom stereocenters. The third-order valence-electron chi connectivity index (χ3n) is 6.00. The molecule has 2 amide bonds. The lowest BCUT2D eigenvalue weighted by molar-refractivity contribution is -0.155. The lowest BCUT2D eigenvalue weighted by Gasteiger charge is -2.43. The second-order valence-corrected chi connectivity index (χ2v) is 8.98. The number of carbonyl (C=O) groups is 2. The Labute approximate surface area is 202 Å². The molecular formula is C24H28ClN3O6. The molecule has 2 saturated heterocycles. The predicted octanol–water partition coefficient (Wildman–Crippen LogP) is 1.58. The van der Waals surface area contributed by atoms with Crippen LogP contribution >= 0.6 is 11.6 Å². The summed E-state index contributed by atoms with van der Waals surface area (Å²) in [5.74, 6) is 0.245. The van der Waals surface area contributed by atoms with Gasteiger partial charge in [0.15, 0.2) is 0 Å². The number of hydrogen-bond acceptors (Lipinski definition) is 6. The molecule has 3 heterocycles. The van der Waals surface area contributed by atoms with Gasteiger partial charge in [0.1, 0.15) is 18.0 Å². The van der Waals surface area contributed by atoms with Gasteiger partial charge in [0.2, 0.25) is 11.5 Å². The quantitative estimate of drug-likeness (QED) is 0.612. The van der Waals surface area contributed by atoms with Crippen LogP contribution in [-0.2, 0) is 21.3 Å². The van der Waals surface area contributed by atoms with Gasteiger partial charge in [0.05, 0.1) is 38.3 Å². The number of rotatable bonds is 6. The summed E-state index contributed by atoms with van der Waals surface area (Å²) in [6.07, 6.45) is 1.58. The van der Waals surface area contributed by atoms with E-state index in [4.69, 9.17) is 25.8 Å². The van der Waals surface area contributed by atoms with Gasteiger partial charge in [-0.25, -0.2) is 0 Å². The van der Waals surface area contributed by atoms with Gasteiger partial charge in [-0.05, 0) is 24.3 Å². The number of carbonyl (C=O) groups excluding carboxylic acids is 2. The number of aryl methyl sites for hydroxylation is 1. The summed E-state index contributed by atoms with van der Waals surface area (Å²) in [7, 11) is 1.60. The van der Waals surface area contributed by atoms with Gasteiger partial charge in [0, 0.05) is 44.0 Å². The molecule has 0 radical (unpaired) electrons. The van der Waals surface area contributed by atoms with E-state index in [2.05, 4.69) is 0 Å². The maximum Gasteiger partial charge on any atom is 0.255 e. The van der Waals surface area contributed by atoms with Gasteiger partial charge < -0.3 is 28.6 Å². The van der Waals surface area contributed by atoms with Crippen LogP contribution in [0.4, 0.5) is 0 Å². The first-order valence-corrected chi connectivity index (χ1v) is 11.6. The molecule has 1 atom stereocenters. The van der Waals surface area contributed by atoms with Crippen molar-refractivity contribution >= 4 is 23.4 Å². The monoisotopic (exact) mass is 489 g/mol. The normalized spacial score (nSPS) is 20.8. The largest absolute Gasteiger partial charge is 0.490 e. The minimum atomic E-state index is -1.04. The van der Waals surface area contributed by atoms with Crippen molar-refractivity contribution in [2.45, 2.75) is 12.0 Å². The first-order valence-electron chi connectivity index (χ1n) is 11.2. The highest BCUT2D eigenvalue weighted by Crippen LogP contribution is 2.27. The molecule has 4 rings (SSSR count). The molecule has 2 aromatic rings. The zero-order valence-electron chi connectivity index (χ0n) is 19.1. The van der Waals surface area contributed by atoms with E-state index >= 15 is 0 Å². The van der Waals surface area contributed by atoms with E-state index in [1.54, 1.807) is 41.1 Å². The molecule has 0 bridgehead atoms. The predicted molar refractivity (Wildman–Crippen MR) is 125 cm³/mol. The summed E-state index contributed by atoms with van der Waals surface area (Å²) >= 11 is 6.08. The van der Waals surface area contributed by atoms with Crippen LogP contribution in [-0.4, -0.2) is 84.4 Å². The molecule has 2 aliphatic heterocycles. The Kier molecular flexibility index (Phi) is 7.55. The molecule has 2 aliphatic rings. The lowest BCUT2D eigenvalue weighted by Crippen LogP contribution is -2.58. The van der Waals surface area contributed by atoms with Gasteiger partial charge in [-0.1, -0.05) is 17.7 Å². The molecule has 0 aliphatic carbocycles. The van der Waals surface area contributed by atoms with Crippen molar-refractivity contribution in [3.63, 3.8) is 0 Å². The van der Waals surface area contributed by atoms with Crippen molar-refractivity contribution in [2.24, 2.45) is 7.05 Å². The third kappa shape index (κ3) is 5.78. The average Bonchev–Trinajstić information content (AvgIpc) is 2.85. The second kappa shape index (κ2) is 10.6. The highest BCUT2D eigenvalue weighted by atomic mass is 35.5. The minimum Gasteiger partial charge on any atom is -0.490 e. The fourth-order valence-electron chi connectivity index (χ4n) is 4.14. The van der Waals surface area contributed by atoms with Gasteiger partial charge in [0.25, 0.3) is 5.91 Å². The number of aromatic nitrogens is 1. The summed E-state index contributed by atoms with van der Waals surface area (Å²) in [5, 5.41) is 0.534. The molecule has 0 saturated carbocycles. The van der Waals surface area contributed by atoms with E-state index in [9.17, 15) is 14.4 Å². The molecule has 0 N–H and O–H groups in total. The number of hydrogen-bond donors (Lipinski definition) is 0. The van der Waals surface area contributed by atoms with Crippen LogP contribution in [0.15, 0.2) is 47.4 Å². The number of halogens is 1. The number of pyridine rings is 1. The van der Waals surface area contributed by atoms with Crippen molar-refractivity contribution in [3.05, 3.63) is 63.5 Å². The molecule has 2 fully saturated rings. The Balaban J connectivity index is 1.55. The number of ether oxygens (including phenoxy) is 3. The number of nitrogens with zero attached hydrogens (tertiary/aromatic N) is 3. The van der Waals surface area contributed by atoms with Gasteiger partial charge in [-0.15, -0.1) is 0 Å². The average molecular weight is 490 g/mol. The first-order chi connectivity index (χ1) is 16.3. The van der Waals surface area contributed by atoms with Crippen molar-refractivity contribution in [3.8, 4) is 5.75 Å². The SMILES string of the molecule is Cn1cc(C(=O)N2CCO[C@@](COc3cccc(Cl)c3)(CC(=O)N3CCOCC3)C2)ccc1=O. The smallest absolute Gasteiger partial charge is 0.255 e. The summed E-state index contributed by atoms with van der Waals surface area (Å²) in [6, 6.07) is 9.88. The van der Waals surface area contributed by atoms with Crippen LogP contribution in [0, 0.1) is 0 Å². The fourth-order valence-corrected chi connectivity index (χ4v) is 4.32. The van der Waals surface area contributed by atoms with E-state index in [0.717, 1.165) is 0 Å². The molecule has 10 heteroatoms. The van der Waals surface area contributed by atoms with E-state index in [0.29, 0.717) is 49.2 Å². The topological polar surface area (TPSA) is 90.3 Å². The van der Waals surface area contributed by atoms with Crippen molar-refractivity contribution in [2.75, 3.05) is 52.6 Å². The zero-order chi connectivity index (χ0) is 24.1. The standard InChI is InChI=1S/C24H28ClN3O6/c1-26-15-18(5-6-21(26)29)23(31)28-9-12-34-24(16-28,14-22(30)27-7-10-32-11-8-27)17-33-20-4-2-3-19(25)13-20/h2-6,13,15H,7-12,14,16-17H2,1H3/t24-/m0/s1.